The highest BCUT2D eigenvalue weighted by Crippen LogP contribution is 2.22. The van der Waals surface area contributed by atoms with E-state index in [1.807, 2.05) is 30.5 Å². The summed E-state index contributed by atoms with van der Waals surface area (Å²) in [5, 5.41) is 4.43. The second-order valence-electron chi connectivity index (χ2n) is 4.24. The average molecular weight is 238 g/mol. The fourth-order valence-corrected chi connectivity index (χ4v) is 2.02. The van der Waals surface area contributed by atoms with Crippen LogP contribution in [0.4, 0.5) is 5.82 Å². The number of hydrogen-bond acceptors (Lipinski definition) is 3. The van der Waals surface area contributed by atoms with Gasteiger partial charge in [0.1, 0.15) is 17.8 Å². The Morgan fingerprint density at radius 2 is 1.94 bits per heavy atom. The third-order valence-electron chi connectivity index (χ3n) is 3.01. The van der Waals surface area contributed by atoms with Crippen LogP contribution in [0, 0.1) is 0 Å². The highest BCUT2D eigenvalue weighted by Gasteiger charge is 2.09. The molecule has 2 aromatic heterocycles. The van der Waals surface area contributed by atoms with Gasteiger partial charge in [-0.15, -0.1) is 0 Å². The topological polar surface area (TPSA) is 53.6 Å². The molecule has 4 heteroatoms. The Hall–Kier alpha value is -2.36. The summed E-state index contributed by atoms with van der Waals surface area (Å²) in [6, 6.07) is 12.5. The van der Waals surface area contributed by atoms with Crippen molar-refractivity contribution in [3.63, 3.8) is 0 Å². The second kappa shape index (κ2) is 4.49. The van der Waals surface area contributed by atoms with Crippen molar-refractivity contribution in [3.05, 3.63) is 54.5 Å². The first-order valence-corrected chi connectivity index (χ1v) is 5.94. The van der Waals surface area contributed by atoms with Gasteiger partial charge in [0, 0.05) is 12.2 Å². The van der Waals surface area contributed by atoms with Crippen LogP contribution in [0.2, 0.25) is 0 Å². The summed E-state index contributed by atoms with van der Waals surface area (Å²) in [6.45, 7) is 2.12. The predicted molar refractivity (Wildman–Crippen MR) is 72.4 cm³/mol. The Balaban J connectivity index is 1.91. The Labute approximate surface area is 105 Å². The van der Waals surface area contributed by atoms with Gasteiger partial charge in [0.25, 0.3) is 0 Å². The molecule has 0 fully saturated rings. The monoisotopic (exact) mass is 238 g/mol. The molecule has 0 unspecified atom stereocenters. The minimum absolute atomic E-state index is 0.208. The summed E-state index contributed by atoms with van der Waals surface area (Å²) in [5.41, 5.74) is 2.09. The molecule has 18 heavy (non-hydrogen) atoms. The van der Waals surface area contributed by atoms with E-state index in [1.165, 1.54) is 5.56 Å². The van der Waals surface area contributed by atoms with Crippen molar-refractivity contribution in [3.8, 4) is 0 Å². The molecule has 90 valence electrons. The van der Waals surface area contributed by atoms with Crippen LogP contribution in [0.5, 0.6) is 0 Å². The summed E-state index contributed by atoms with van der Waals surface area (Å²) < 4.78 is 0. The standard InChI is InChI=1S/C14H14N4/c1-10(11-5-3-2-4-6-11)18-14-12-7-8-15-13(12)16-9-17-14/h2-10H,1H3,(H2,15,16,17,18)/t10-/m1/s1. The summed E-state index contributed by atoms with van der Waals surface area (Å²) in [4.78, 5) is 11.6. The second-order valence-corrected chi connectivity index (χ2v) is 4.24. The number of anilines is 1. The van der Waals surface area contributed by atoms with Crippen LogP contribution in [0.1, 0.15) is 18.5 Å². The first-order chi connectivity index (χ1) is 8.84. The van der Waals surface area contributed by atoms with Gasteiger partial charge < -0.3 is 10.3 Å². The number of benzene rings is 1. The van der Waals surface area contributed by atoms with Crippen LogP contribution < -0.4 is 5.32 Å². The van der Waals surface area contributed by atoms with Crippen molar-refractivity contribution >= 4 is 16.9 Å². The lowest BCUT2D eigenvalue weighted by Crippen LogP contribution is -2.08. The van der Waals surface area contributed by atoms with Crippen molar-refractivity contribution in [1.29, 1.82) is 0 Å². The summed E-state index contributed by atoms with van der Waals surface area (Å²) in [5.74, 6) is 0.859. The lowest BCUT2D eigenvalue weighted by Gasteiger charge is -2.15. The summed E-state index contributed by atoms with van der Waals surface area (Å²) in [6.07, 6.45) is 3.44. The fourth-order valence-electron chi connectivity index (χ4n) is 2.02. The van der Waals surface area contributed by atoms with Crippen LogP contribution in [-0.2, 0) is 0 Å². The van der Waals surface area contributed by atoms with Crippen molar-refractivity contribution in [1.82, 2.24) is 15.0 Å². The van der Waals surface area contributed by atoms with Gasteiger partial charge in [-0.1, -0.05) is 30.3 Å². The first-order valence-electron chi connectivity index (χ1n) is 5.94. The number of rotatable bonds is 3. The molecule has 0 saturated heterocycles. The van der Waals surface area contributed by atoms with Crippen LogP contribution in [0.15, 0.2) is 48.9 Å². The molecule has 3 aromatic rings. The molecule has 2 N–H and O–H groups in total. The van der Waals surface area contributed by atoms with E-state index in [4.69, 9.17) is 0 Å². The Morgan fingerprint density at radius 3 is 2.78 bits per heavy atom. The summed E-state index contributed by atoms with van der Waals surface area (Å²) >= 11 is 0. The third-order valence-corrected chi connectivity index (χ3v) is 3.01. The van der Waals surface area contributed by atoms with E-state index in [0.29, 0.717) is 0 Å². The zero-order valence-corrected chi connectivity index (χ0v) is 10.1. The summed E-state index contributed by atoms with van der Waals surface area (Å²) in [7, 11) is 0. The van der Waals surface area contributed by atoms with E-state index < -0.39 is 0 Å². The Kier molecular flexibility index (Phi) is 2.68. The molecule has 3 rings (SSSR count). The van der Waals surface area contributed by atoms with Gasteiger partial charge in [-0.3, -0.25) is 0 Å². The largest absolute Gasteiger partial charge is 0.363 e. The van der Waals surface area contributed by atoms with Crippen molar-refractivity contribution < 1.29 is 0 Å². The normalized spacial score (nSPS) is 12.5. The maximum Gasteiger partial charge on any atom is 0.142 e. The first kappa shape index (κ1) is 10.8. The number of fused-ring (bicyclic) bond motifs is 1. The average Bonchev–Trinajstić information content (AvgIpc) is 2.89. The highest BCUT2D eigenvalue weighted by molar-refractivity contribution is 5.86. The molecule has 1 aromatic carbocycles. The fraction of sp³-hybridized carbons (Fsp3) is 0.143. The highest BCUT2D eigenvalue weighted by atomic mass is 15.0. The van der Waals surface area contributed by atoms with Gasteiger partial charge in [0.2, 0.25) is 0 Å². The molecular formula is C14H14N4. The number of nitrogens with zero attached hydrogens (tertiary/aromatic N) is 2. The smallest absolute Gasteiger partial charge is 0.142 e. The van der Waals surface area contributed by atoms with Crippen LogP contribution in [0.25, 0.3) is 11.0 Å². The zero-order valence-electron chi connectivity index (χ0n) is 10.1. The zero-order chi connectivity index (χ0) is 12.4. The van der Waals surface area contributed by atoms with Gasteiger partial charge in [0.15, 0.2) is 0 Å². The molecule has 0 radical (unpaired) electrons. The van der Waals surface area contributed by atoms with Crippen LogP contribution in [0.3, 0.4) is 0 Å². The molecule has 4 nitrogen and oxygen atoms in total. The van der Waals surface area contributed by atoms with Gasteiger partial charge in [-0.05, 0) is 18.6 Å². The van der Waals surface area contributed by atoms with E-state index in [0.717, 1.165) is 16.9 Å². The number of H-pyrrole nitrogens is 1. The van der Waals surface area contributed by atoms with E-state index in [2.05, 4.69) is 39.3 Å². The van der Waals surface area contributed by atoms with Gasteiger partial charge in [-0.2, -0.15) is 0 Å². The molecule has 0 bridgehead atoms. The molecule has 1 atom stereocenters. The minimum Gasteiger partial charge on any atom is -0.363 e. The van der Waals surface area contributed by atoms with Crippen molar-refractivity contribution in [2.45, 2.75) is 13.0 Å². The SMILES string of the molecule is C[C@@H](Nc1ncnc2[nH]ccc12)c1ccccc1. The van der Waals surface area contributed by atoms with Crippen LogP contribution in [-0.4, -0.2) is 15.0 Å². The lowest BCUT2D eigenvalue weighted by molar-refractivity contribution is 0.876. The number of nitrogens with one attached hydrogen (secondary N) is 2. The Morgan fingerprint density at radius 1 is 1.11 bits per heavy atom. The van der Waals surface area contributed by atoms with E-state index in [-0.39, 0.29) is 6.04 Å². The molecule has 0 saturated carbocycles. The molecular weight excluding hydrogens is 224 g/mol. The quantitative estimate of drug-likeness (QED) is 0.737. The van der Waals surface area contributed by atoms with Crippen molar-refractivity contribution in [2.75, 3.05) is 5.32 Å². The molecule has 2 heterocycles. The van der Waals surface area contributed by atoms with E-state index >= 15 is 0 Å². The molecule has 0 aliphatic carbocycles. The van der Waals surface area contributed by atoms with E-state index in [1.54, 1.807) is 6.33 Å². The Bertz CT molecular complexity index is 645. The van der Waals surface area contributed by atoms with Gasteiger partial charge >= 0.3 is 0 Å². The molecule has 0 spiro atoms. The molecule has 0 aliphatic rings. The third kappa shape index (κ3) is 1.93. The molecule has 0 amide bonds. The maximum atomic E-state index is 4.30. The molecule has 0 aliphatic heterocycles. The number of aromatic amines is 1. The minimum atomic E-state index is 0.208. The number of aromatic nitrogens is 3. The van der Waals surface area contributed by atoms with E-state index in [9.17, 15) is 0 Å². The van der Waals surface area contributed by atoms with Crippen LogP contribution >= 0.6 is 0 Å². The van der Waals surface area contributed by atoms with Gasteiger partial charge in [-0.25, -0.2) is 9.97 Å². The number of hydrogen-bond donors (Lipinski definition) is 2. The maximum absolute atomic E-state index is 4.30. The lowest BCUT2D eigenvalue weighted by atomic mass is 10.1. The van der Waals surface area contributed by atoms with Gasteiger partial charge in [0.05, 0.1) is 5.39 Å². The predicted octanol–water partition coefficient (Wildman–Crippen LogP) is 3.13. The van der Waals surface area contributed by atoms with Crippen molar-refractivity contribution in [2.24, 2.45) is 0 Å².